The van der Waals surface area contributed by atoms with Crippen LogP contribution in [0, 0.1) is 5.41 Å². The summed E-state index contributed by atoms with van der Waals surface area (Å²) >= 11 is 0. The average Bonchev–Trinajstić information content (AvgIpc) is 3.27. The number of furan rings is 1. The fourth-order valence-corrected chi connectivity index (χ4v) is 4.06. The Balaban J connectivity index is 1.48. The number of rotatable bonds is 2. The first kappa shape index (κ1) is 14.5. The zero-order chi connectivity index (χ0) is 15.9. The molecule has 1 atom stereocenters. The number of amides is 1. The third kappa shape index (κ3) is 2.67. The summed E-state index contributed by atoms with van der Waals surface area (Å²) in [4.78, 5) is 17.1. The van der Waals surface area contributed by atoms with E-state index in [9.17, 15) is 4.79 Å². The van der Waals surface area contributed by atoms with Crippen molar-refractivity contribution in [3.8, 4) is 11.3 Å². The van der Waals surface area contributed by atoms with Crippen molar-refractivity contribution in [1.29, 1.82) is 0 Å². The number of piperidine rings is 1. The van der Waals surface area contributed by atoms with Crippen molar-refractivity contribution in [3.63, 3.8) is 0 Å². The minimum Gasteiger partial charge on any atom is -0.472 e. The topological polar surface area (TPSA) is 65.4 Å². The first-order valence-corrected chi connectivity index (χ1v) is 8.21. The number of aromatic nitrogens is 2. The second-order valence-electron chi connectivity index (χ2n) is 7.00. The molecule has 23 heavy (non-hydrogen) atoms. The van der Waals surface area contributed by atoms with Crippen molar-refractivity contribution in [2.75, 3.05) is 33.2 Å². The molecule has 2 aromatic rings. The zero-order valence-corrected chi connectivity index (χ0v) is 13.4. The Labute approximate surface area is 135 Å². The number of aromatic amines is 1. The number of carbonyl (C=O) groups excluding carboxylic acids is 1. The Morgan fingerprint density at radius 2 is 2.26 bits per heavy atom. The van der Waals surface area contributed by atoms with Crippen LogP contribution in [0.3, 0.4) is 0 Å². The molecule has 2 saturated heterocycles. The monoisotopic (exact) mass is 314 g/mol. The molecule has 6 heteroatoms. The van der Waals surface area contributed by atoms with E-state index in [1.807, 2.05) is 17.0 Å². The minimum absolute atomic E-state index is 0.0531. The highest BCUT2D eigenvalue weighted by Gasteiger charge is 2.42. The molecule has 0 aromatic carbocycles. The number of nitrogens with one attached hydrogen (secondary N) is 1. The lowest BCUT2D eigenvalue weighted by Gasteiger charge is -2.38. The maximum Gasteiger partial charge on any atom is 0.271 e. The molecule has 2 aliphatic heterocycles. The second kappa shape index (κ2) is 5.53. The smallest absolute Gasteiger partial charge is 0.271 e. The van der Waals surface area contributed by atoms with Crippen molar-refractivity contribution in [2.24, 2.45) is 5.41 Å². The molecule has 4 heterocycles. The lowest BCUT2D eigenvalue weighted by Crippen LogP contribution is -2.43. The van der Waals surface area contributed by atoms with Crippen LogP contribution in [0.5, 0.6) is 0 Å². The predicted octanol–water partition coefficient (Wildman–Crippen LogP) is 2.23. The molecule has 0 radical (unpaired) electrons. The SMILES string of the molecule is CN1CCCC2(CCN(C(=O)c3cc(-c4ccoc4)n[nH]3)C2)C1. The highest BCUT2D eigenvalue weighted by Crippen LogP contribution is 2.39. The van der Waals surface area contributed by atoms with Gasteiger partial charge in [0.15, 0.2) is 0 Å². The van der Waals surface area contributed by atoms with Crippen molar-refractivity contribution in [2.45, 2.75) is 19.3 Å². The van der Waals surface area contributed by atoms with Gasteiger partial charge in [-0.3, -0.25) is 9.89 Å². The average molecular weight is 314 g/mol. The quantitative estimate of drug-likeness (QED) is 0.923. The van der Waals surface area contributed by atoms with Crippen LogP contribution in [0.4, 0.5) is 0 Å². The fourth-order valence-electron chi connectivity index (χ4n) is 4.06. The van der Waals surface area contributed by atoms with Crippen LogP contribution in [-0.4, -0.2) is 59.1 Å². The van der Waals surface area contributed by atoms with E-state index in [2.05, 4.69) is 22.1 Å². The molecule has 122 valence electrons. The van der Waals surface area contributed by atoms with E-state index >= 15 is 0 Å². The molecule has 2 aromatic heterocycles. The van der Waals surface area contributed by atoms with E-state index in [1.54, 1.807) is 12.5 Å². The first-order valence-electron chi connectivity index (χ1n) is 8.21. The van der Waals surface area contributed by atoms with Crippen LogP contribution in [0.25, 0.3) is 11.3 Å². The van der Waals surface area contributed by atoms with E-state index in [0.717, 1.165) is 37.3 Å². The van der Waals surface area contributed by atoms with Gasteiger partial charge in [0.2, 0.25) is 0 Å². The van der Waals surface area contributed by atoms with Crippen LogP contribution in [0.15, 0.2) is 29.1 Å². The number of nitrogens with zero attached hydrogens (tertiary/aromatic N) is 3. The van der Waals surface area contributed by atoms with Crippen molar-refractivity contribution >= 4 is 5.91 Å². The van der Waals surface area contributed by atoms with Gasteiger partial charge in [-0.15, -0.1) is 0 Å². The summed E-state index contributed by atoms with van der Waals surface area (Å²) < 4.78 is 5.07. The van der Waals surface area contributed by atoms with Gasteiger partial charge in [-0.25, -0.2) is 0 Å². The van der Waals surface area contributed by atoms with Gasteiger partial charge in [0.1, 0.15) is 5.69 Å². The van der Waals surface area contributed by atoms with E-state index in [0.29, 0.717) is 5.69 Å². The van der Waals surface area contributed by atoms with Gasteiger partial charge in [-0.2, -0.15) is 5.10 Å². The molecule has 0 bridgehead atoms. The predicted molar refractivity (Wildman–Crippen MR) is 86.0 cm³/mol. The first-order chi connectivity index (χ1) is 11.2. The molecule has 4 rings (SSSR count). The van der Waals surface area contributed by atoms with E-state index in [1.165, 1.54) is 19.4 Å². The van der Waals surface area contributed by atoms with Gasteiger partial charge in [-0.1, -0.05) is 0 Å². The van der Waals surface area contributed by atoms with Crippen LogP contribution in [-0.2, 0) is 0 Å². The lowest BCUT2D eigenvalue weighted by molar-refractivity contribution is 0.0717. The molecule has 1 N–H and O–H groups in total. The van der Waals surface area contributed by atoms with Crippen LogP contribution < -0.4 is 0 Å². The Kier molecular flexibility index (Phi) is 3.49. The number of hydrogen-bond donors (Lipinski definition) is 1. The van der Waals surface area contributed by atoms with Gasteiger partial charge in [0.25, 0.3) is 5.91 Å². The Morgan fingerprint density at radius 1 is 1.35 bits per heavy atom. The number of hydrogen-bond acceptors (Lipinski definition) is 4. The normalized spacial score (nSPS) is 25.3. The van der Waals surface area contributed by atoms with E-state index in [4.69, 9.17) is 4.42 Å². The maximum absolute atomic E-state index is 12.8. The minimum atomic E-state index is 0.0531. The molecule has 0 saturated carbocycles. The number of likely N-dealkylation sites (tertiary alicyclic amines) is 2. The third-order valence-electron chi connectivity index (χ3n) is 5.20. The van der Waals surface area contributed by atoms with Gasteiger partial charge >= 0.3 is 0 Å². The summed E-state index contributed by atoms with van der Waals surface area (Å²) in [5, 5.41) is 7.10. The molecule has 2 fully saturated rings. The van der Waals surface area contributed by atoms with Crippen LogP contribution >= 0.6 is 0 Å². The molecular weight excluding hydrogens is 292 g/mol. The summed E-state index contributed by atoms with van der Waals surface area (Å²) in [6.45, 7) is 3.97. The van der Waals surface area contributed by atoms with Crippen LogP contribution in [0.1, 0.15) is 29.8 Å². The second-order valence-corrected chi connectivity index (χ2v) is 7.00. The highest BCUT2D eigenvalue weighted by molar-refractivity contribution is 5.93. The molecule has 1 spiro atoms. The van der Waals surface area contributed by atoms with Crippen molar-refractivity contribution < 1.29 is 9.21 Å². The molecule has 0 aliphatic carbocycles. The Hall–Kier alpha value is -2.08. The molecule has 1 amide bonds. The summed E-state index contributed by atoms with van der Waals surface area (Å²) in [7, 11) is 2.18. The lowest BCUT2D eigenvalue weighted by atomic mass is 9.79. The molecule has 2 aliphatic rings. The number of carbonyl (C=O) groups is 1. The van der Waals surface area contributed by atoms with Gasteiger partial charge in [0.05, 0.1) is 18.2 Å². The summed E-state index contributed by atoms with van der Waals surface area (Å²) in [5.41, 5.74) is 2.47. The zero-order valence-electron chi connectivity index (χ0n) is 13.4. The van der Waals surface area contributed by atoms with Gasteiger partial charge in [0, 0.05) is 30.6 Å². The summed E-state index contributed by atoms with van der Waals surface area (Å²) in [6, 6.07) is 3.65. The Morgan fingerprint density at radius 3 is 3.04 bits per heavy atom. The molecule has 6 nitrogen and oxygen atoms in total. The summed E-state index contributed by atoms with van der Waals surface area (Å²) in [6.07, 6.45) is 6.80. The van der Waals surface area contributed by atoms with Crippen molar-refractivity contribution in [3.05, 3.63) is 30.4 Å². The Bertz CT molecular complexity index is 693. The number of H-pyrrole nitrogens is 1. The maximum atomic E-state index is 12.8. The third-order valence-corrected chi connectivity index (χ3v) is 5.20. The van der Waals surface area contributed by atoms with E-state index < -0.39 is 0 Å². The van der Waals surface area contributed by atoms with Gasteiger partial charge in [-0.05, 0) is 45.0 Å². The van der Waals surface area contributed by atoms with Gasteiger partial charge < -0.3 is 14.2 Å². The standard InChI is InChI=1S/C17H22N4O2/c1-20-6-2-4-17(11-20)5-7-21(12-17)16(22)15-9-14(18-19-15)13-3-8-23-10-13/h3,8-10H,2,4-7,11-12H2,1H3,(H,18,19). The largest absolute Gasteiger partial charge is 0.472 e. The fraction of sp³-hybridized carbons (Fsp3) is 0.529. The summed E-state index contributed by atoms with van der Waals surface area (Å²) in [5.74, 6) is 0.0531. The highest BCUT2D eigenvalue weighted by atomic mass is 16.3. The van der Waals surface area contributed by atoms with Crippen molar-refractivity contribution in [1.82, 2.24) is 20.0 Å². The molecular formula is C17H22N4O2. The van der Waals surface area contributed by atoms with E-state index in [-0.39, 0.29) is 11.3 Å². The van der Waals surface area contributed by atoms with Crippen LogP contribution in [0.2, 0.25) is 0 Å². The molecule has 1 unspecified atom stereocenters.